The lowest BCUT2D eigenvalue weighted by molar-refractivity contribution is -0.117. The Labute approximate surface area is 113 Å². The van der Waals surface area contributed by atoms with Crippen LogP contribution in [0.4, 0.5) is 0 Å². The molecule has 1 heterocycles. The van der Waals surface area contributed by atoms with Gasteiger partial charge in [-0.2, -0.15) is 0 Å². The average molecular weight is 261 g/mol. The van der Waals surface area contributed by atoms with Crippen LogP contribution in [0.25, 0.3) is 6.08 Å². The predicted molar refractivity (Wildman–Crippen MR) is 74.4 cm³/mol. The van der Waals surface area contributed by atoms with Crippen LogP contribution >= 0.6 is 0 Å². The SMILES string of the molecule is CCCCNC(=O)C1=Cc2cc(OC)ccc2OC1. The topological polar surface area (TPSA) is 47.6 Å². The summed E-state index contributed by atoms with van der Waals surface area (Å²) < 4.78 is 10.7. The van der Waals surface area contributed by atoms with Crippen molar-refractivity contribution < 1.29 is 14.3 Å². The molecule has 102 valence electrons. The van der Waals surface area contributed by atoms with Crippen molar-refractivity contribution in [2.45, 2.75) is 19.8 Å². The third-order valence-corrected chi connectivity index (χ3v) is 3.04. The summed E-state index contributed by atoms with van der Waals surface area (Å²) in [5.41, 5.74) is 1.53. The quantitative estimate of drug-likeness (QED) is 0.828. The predicted octanol–water partition coefficient (Wildman–Crippen LogP) is 2.39. The Hall–Kier alpha value is -1.97. The zero-order chi connectivity index (χ0) is 13.7. The standard InChI is InChI=1S/C15H19NO3/c1-3-4-7-16-15(17)12-8-11-9-13(18-2)5-6-14(11)19-10-12/h5-6,8-9H,3-4,7,10H2,1-2H3,(H,16,17). The molecule has 1 amide bonds. The third-order valence-electron chi connectivity index (χ3n) is 3.04. The molecule has 1 aliphatic rings. The second kappa shape index (κ2) is 6.27. The molecule has 0 aliphatic carbocycles. The summed E-state index contributed by atoms with van der Waals surface area (Å²) in [6, 6.07) is 5.57. The zero-order valence-electron chi connectivity index (χ0n) is 11.4. The average Bonchev–Trinajstić information content (AvgIpc) is 2.46. The molecule has 0 unspecified atom stereocenters. The number of unbranched alkanes of at least 4 members (excludes halogenated alkanes) is 1. The fraction of sp³-hybridized carbons (Fsp3) is 0.400. The molecule has 2 rings (SSSR count). The molecule has 0 atom stereocenters. The van der Waals surface area contributed by atoms with Gasteiger partial charge in [0.15, 0.2) is 0 Å². The number of rotatable bonds is 5. The van der Waals surface area contributed by atoms with Gasteiger partial charge >= 0.3 is 0 Å². The summed E-state index contributed by atoms with van der Waals surface area (Å²) in [5, 5.41) is 2.89. The number of amides is 1. The maximum absolute atomic E-state index is 11.9. The zero-order valence-corrected chi connectivity index (χ0v) is 11.4. The van der Waals surface area contributed by atoms with Gasteiger partial charge in [-0.1, -0.05) is 13.3 Å². The highest BCUT2D eigenvalue weighted by Gasteiger charge is 2.17. The summed E-state index contributed by atoms with van der Waals surface area (Å²) in [5.74, 6) is 1.49. The third kappa shape index (κ3) is 3.28. The van der Waals surface area contributed by atoms with Crippen molar-refractivity contribution in [3.05, 3.63) is 29.3 Å². The molecule has 0 saturated heterocycles. The number of methoxy groups -OCH3 is 1. The van der Waals surface area contributed by atoms with Gasteiger partial charge in [0.1, 0.15) is 18.1 Å². The van der Waals surface area contributed by atoms with Crippen molar-refractivity contribution in [1.29, 1.82) is 0 Å². The summed E-state index contributed by atoms with van der Waals surface area (Å²) in [6.07, 6.45) is 3.92. The monoisotopic (exact) mass is 261 g/mol. The molecule has 1 N–H and O–H groups in total. The van der Waals surface area contributed by atoms with E-state index in [9.17, 15) is 4.79 Å². The second-order valence-corrected chi connectivity index (χ2v) is 4.47. The highest BCUT2D eigenvalue weighted by molar-refractivity contribution is 5.99. The molecule has 1 aromatic rings. The van der Waals surface area contributed by atoms with Gasteiger partial charge in [-0.3, -0.25) is 4.79 Å². The van der Waals surface area contributed by atoms with E-state index in [-0.39, 0.29) is 5.91 Å². The first-order valence-electron chi connectivity index (χ1n) is 6.54. The van der Waals surface area contributed by atoms with E-state index in [1.807, 2.05) is 24.3 Å². The molecular formula is C15H19NO3. The number of benzene rings is 1. The van der Waals surface area contributed by atoms with E-state index >= 15 is 0 Å². The van der Waals surface area contributed by atoms with Gasteiger partial charge in [0.25, 0.3) is 5.91 Å². The Morgan fingerprint density at radius 3 is 3.05 bits per heavy atom. The molecule has 4 heteroatoms. The largest absolute Gasteiger partial charge is 0.497 e. The van der Waals surface area contributed by atoms with Crippen molar-refractivity contribution in [3.63, 3.8) is 0 Å². The van der Waals surface area contributed by atoms with Crippen molar-refractivity contribution in [2.75, 3.05) is 20.3 Å². The summed E-state index contributed by atoms with van der Waals surface area (Å²) in [4.78, 5) is 11.9. The molecule has 0 bridgehead atoms. The van der Waals surface area contributed by atoms with Crippen molar-refractivity contribution in [1.82, 2.24) is 5.32 Å². The number of carbonyl (C=O) groups is 1. The second-order valence-electron chi connectivity index (χ2n) is 4.47. The van der Waals surface area contributed by atoms with Crippen LogP contribution in [0.3, 0.4) is 0 Å². The molecule has 1 aliphatic heterocycles. The van der Waals surface area contributed by atoms with Gasteiger partial charge in [0.2, 0.25) is 0 Å². The molecular weight excluding hydrogens is 242 g/mol. The van der Waals surface area contributed by atoms with Crippen LogP contribution < -0.4 is 14.8 Å². The van der Waals surface area contributed by atoms with Gasteiger partial charge < -0.3 is 14.8 Å². The molecule has 0 fully saturated rings. The number of carbonyl (C=O) groups excluding carboxylic acids is 1. The van der Waals surface area contributed by atoms with Gasteiger partial charge in [-0.25, -0.2) is 0 Å². The van der Waals surface area contributed by atoms with Crippen LogP contribution in [0.5, 0.6) is 11.5 Å². The minimum absolute atomic E-state index is 0.0538. The maximum Gasteiger partial charge on any atom is 0.250 e. The number of hydrogen-bond acceptors (Lipinski definition) is 3. The van der Waals surface area contributed by atoms with Crippen LogP contribution in [0, 0.1) is 0 Å². The van der Waals surface area contributed by atoms with E-state index in [1.165, 1.54) is 0 Å². The van der Waals surface area contributed by atoms with Gasteiger partial charge in [0.05, 0.1) is 12.7 Å². The Balaban J connectivity index is 2.11. The molecule has 19 heavy (non-hydrogen) atoms. The summed E-state index contributed by atoms with van der Waals surface area (Å²) >= 11 is 0. The highest BCUT2D eigenvalue weighted by Crippen LogP contribution is 2.29. The van der Waals surface area contributed by atoms with Gasteiger partial charge in [0, 0.05) is 12.1 Å². The van der Waals surface area contributed by atoms with E-state index in [0.717, 1.165) is 29.9 Å². The minimum Gasteiger partial charge on any atom is -0.497 e. The van der Waals surface area contributed by atoms with Crippen LogP contribution in [0.1, 0.15) is 25.3 Å². The molecule has 0 saturated carbocycles. The lowest BCUT2D eigenvalue weighted by Crippen LogP contribution is -2.29. The van der Waals surface area contributed by atoms with Crippen molar-refractivity contribution in [3.8, 4) is 11.5 Å². The van der Waals surface area contributed by atoms with Crippen LogP contribution in [-0.4, -0.2) is 26.2 Å². The fourth-order valence-electron chi connectivity index (χ4n) is 1.91. The maximum atomic E-state index is 11.9. The normalized spacial score (nSPS) is 13.1. The van der Waals surface area contributed by atoms with Crippen LogP contribution in [0.15, 0.2) is 23.8 Å². The Kier molecular flexibility index (Phi) is 4.44. The van der Waals surface area contributed by atoms with Crippen LogP contribution in [0.2, 0.25) is 0 Å². The molecule has 0 radical (unpaired) electrons. The summed E-state index contributed by atoms with van der Waals surface area (Å²) in [6.45, 7) is 3.12. The van der Waals surface area contributed by atoms with Crippen LogP contribution in [-0.2, 0) is 4.79 Å². The number of ether oxygens (including phenoxy) is 2. The van der Waals surface area contributed by atoms with Crippen molar-refractivity contribution >= 4 is 12.0 Å². The minimum atomic E-state index is -0.0538. The fourth-order valence-corrected chi connectivity index (χ4v) is 1.91. The first-order valence-corrected chi connectivity index (χ1v) is 6.54. The number of nitrogens with one attached hydrogen (secondary N) is 1. The van der Waals surface area contributed by atoms with E-state index < -0.39 is 0 Å². The van der Waals surface area contributed by atoms with Gasteiger partial charge in [-0.15, -0.1) is 0 Å². The van der Waals surface area contributed by atoms with E-state index in [2.05, 4.69) is 12.2 Å². The molecule has 0 spiro atoms. The first kappa shape index (κ1) is 13.5. The van der Waals surface area contributed by atoms with E-state index in [0.29, 0.717) is 18.7 Å². The lowest BCUT2D eigenvalue weighted by Gasteiger charge is -2.18. The highest BCUT2D eigenvalue weighted by atomic mass is 16.5. The smallest absolute Gasteiger partial charge is 0.250 e. The van der Waals surface area contributed by atoms with Crippen molar-refractivity contribution in [2.24, 2.45) is 0 Å². The Morgan fingerprint density at radius 2 is 2.32 bits per heavy atom. The number of hydrogen-bond donors (Lipinski definition) is 1. The molecule has 4 nitrogen and oxygen atoms in total. The summed E-state index contributed by atoms with van der Waals surface area (Å²) in [7, 11) is 1.62. The number of fused-ring (bicyclic) bond motifs is 1. The van der Waals surface area contributed by atoms with E-state index in [1.54, 1.807) is 7.11 Å². The Bertz CT molecular complexity index is 494. The van der Waals surface area contributed by atoms with Gasteiger partial charge in [-0.05, 0) is 30.7 Å². The molecule has 1 aromatic carbocycles. The lowest BCUT2D eigenvalue weighted by atomic mass is 10.1. The molecule has 0 aromatic heterocycles. The Morgan fingerprint density at radius 1 is 1.47 bits per heavy atom. The first-order chi connectivity index (χ1) is 9.24. The van der Waals surface area contributed by atoms with E-state index in [4.69, 9.17) is 9.47 Å².